The summed E-state index contributed by atoms with van der Waals surface area (Å²) in [6.45, 7) is 1.25. The molecule has 1 fully saturated rings. The van der Waals surface area contributed by atoms with Gasteiger partial charge < -0.3 is 0 Å². The van der Waals surface area contributed by atoms with Crippen LogP contribution in [-0.2, 0) is 10.0 Å². The van der Waals surface area contributed by atoms with Crippen LogP contribution in [0.25, 0.3) is 0 Å². The lowest BCUT2D eigenvalue weighted by Crippen LogP contribution is -2.35. The molecular formula is C16H18N2O2S2. The lowest BCUT2D eigenvalue weighted by Gasteiger charge is -2.25. The Morgan fingerprint density at radius 1 is 1.05 bits per heavy atom. The van der Waals surface area contributed by atoms with Crippen LogP contribution in [0.5, 0.6) is 0 Å². The van der Waals surface area contributed by atoms with Crippen molar-refractivity contribution >= 4 is 33.3 Å². The standard InChI is InChI=1S/C16H18N2O2S2/c19-22(20,18-10-2-1-3-11-18)16-8-6-14(7-9-16)17-13-15-5-4-12-21-15/h4-9,12-13H,1-3,10-11H2. The van der Waals surface area contributed by atoms with Crippen molar-refractivity contribution in [1.29, 1.82) is 0 Å². The molecule has 2 aromatic rings. The minimum Gasteiger partial charge on any atom is -0.255 e. The van der Waals surface area contributed by atoms with Crippen molar-refractivity contribution in [2.45, 2.75) is 24.2 Å². The van der Waals surface area contributed by atoms with E-state index >= 15 is 0 Å². The molecule has 2 heterocycles. The average molecular weight is 334 g/mol. The van der Waals surface area contributed by atoms with Crippen LogP contribution in [0.4, 0.5) is 5.69 Å². The number of benzene rings is 1. The van der Waals surface area contributed by atoms with Crippen molar-refractivity contribution in [2.75, 3.05) is 13.1 Å². The molecule has 1 aliphatic rings. The van der Waals surface area contributed by atoms with Gasteiger partial charge in [0, 0.05) is 24.2 Å². The van der Waals surface area contributed by atoms with Crippen molar-refractivity contribution in [2.24, 2.45) is 4.99 Å². The van der Waals surface area contributed by atoms with E-state index in [-0.39, 0.29) is 0 Å². The minimum atomic E-state index is -3.35. The number of hydrogen-bond acceptors (Lipinski definition) is 4. The van der Waals surface area contributed by atoms with Crippen molar-refractivity contribution in [3.8, 4) is 0 Å². The van der Waals surface area contributed by atoms with Crippen LogP contribution in [0.15, 0.2) is 51.7 Å². The number of rotatable bonds is 4. The largest absolute Gasteiger partial charge is 0.255 e. The molecule has 0 aliphatic carbocycles. The predicted molar refractivity (Wildman–Crippen MR) is 90.6 cm³/mol. The van der Waals surface area contributed by atoms with E-state index in [1.54, 1.807) is 46.1 Å². The number of aliphatic imine (C=N–C) groups is 1. The summed E-state index contributed by atoms with van der Waals surface area (Å²) in [7, 11) is -3.35. The summed E-state index contributed by atoms with van der Waals surface area (Å²) in [4.78, 5) is 5.79. The summed E-state index contributed by atoms with van der Waals surface area (Å²) >= 11 is 1.62. The van der Waals surface area contributed by atoms with E-state index in [0.29, 0.717) is 18.0 Å². The molecule has 0 saturated carbocycles. The van der Waals surface area contributed by atoms with Gasteiger partial charge in [-0.15, -0.1) is 11.3 Å². The van der Waals surface area contributed by atoms with Crippen LogP contribution in [0.1, 0.15) is 24.1 Å². The zero-order chi connectivity index (χ0) is 15.4. The summed E-state index contributed by atoms with van der Waals surface area (Å²) in [6, 6.07) is 10.8. The van der Waals surface area contributed by atoms with E-state index in [4.69, 9.17) is 0 Å². The Kier molecular flexibility index (Phi) is 4.71. The molecule has 1 saturated heterocycles. The first kappa shape index (κ1) is 15.4. The van der Waals surface area contributed by atoms with Gasteiger partial charge >= 0.3 is 0 Å². The highest BCUT2D eigenvalue weighted by Crippen LogP contribution is 2.23. The van der Waals surface area contributed by atoms with E-state index in [2.05, 4.69) is 4.99 Å². The van der Waals surface area contributed by atoms with Gasteiger partial charge in [0.2, 0.25) is 10.0 Å². The van der Waals surface area contributed by atoms with Gasteiger partial charge in [-0.2, -0.15) is 4.31 Å². The quantitative estimate of drug-likeness (QED) is 0.801. The van der Waals surface area contributed by atoms with E-state index < -0.39 is 10.0 Å². The number of thiophene rings is 1. The maximum atomic E-state index is 12.5. The normalized spacial score (nSPS) is 17.1. The van der Waals surface area contributed by atoms with Gasteiger partial charge in [-0.25, -0.2) is 8.42 Å². The fourth-order valence-electron chi connectivity index (χ4n) is 2.46. The van der Waals surface area contributed by atoms with Crippen LogP contribution in [-0.4, -0.2) is 32.0 Å². The summed E-state index contributed by atoms with van der Waals surface area (Å²) in [5.74, 6) is 0. The summed E-state index contributed by atoms with van der Waals surface area (Å²) < 4.78 is 26.6. The molecule has 4 nitrogen and oxygen atoms in total. The van der Waals surface area contributed by atoms with Crippen LogP contribution in [0, 0.1) is 0 Å². The molecule has 1 aromatic carbocycles. The summed E-state index contributed by atoms with van der Waals surface area (Å²) in [6.07, 6.45) is 4.80. The maximum absolute atomic E-state index is 12.5. The smallest absolute Gasteiger partial charge is 0.243 e. The van der Waals surface area contributed by atoms with Gasteiger partial charge in [0.05, 0.1) is 10.6 Å². The highest BCUT2D eigenvalue weighted by atomic mass is 32.2. The second kappa shape index (κ2) is 6.73. The van der Waals surface area contributed by atoms with Gasteiger partial charge in [0.1, 0.15) is 0 Å². The number of hydrogen-bond donors (Lipinski definition) is 0. The van der Waals surface area contributed by atoms with Gasteiger partial charge in [-0.1, -0.05) is 12.5 Å². The fraction of sp³-hybridized carbons (Fsp3) is 0.312. The first-order chi connectivity index (χ1) is 10.7. The Hall–Kier alpha value is -1.50. The zero-order valence-electron chi connectivity index (χ0n) is 12.2. The molecule has 0 N–H and O–H groups in total. The lowest BCUT2D eigenvalue weighted by atomic mass is 10.2. The van der Waals surface area contributed by atoms with Crippen LogP contribution in [0.2, 0.25) is 0 Å². The Balaban J connectivity index is 1.76. The Bertz CT molecular complexity index is 729. The van der Waals surface area contributed by atoms with Gasteiger partial charge in [-0.05, 0) is 48.6 Å². The molecule has 0 amide bonds. The lowest BCUT2D eigenvalue weighted by molar-refractivity contribution is 0.346. The van der Waals surface area contributed by atoms with Crippen molar-refractivity contribution in [3.63, 3.8) is 0 Å². The van der Waals surface area contributed by atoms with Crippen LogP contribution < -0.4 is 0 Å². The topological polar surface area (TPSA) is 49.7 Å². The SMILES string of the molecule is O=S(=O)(c1ccc(N=Cc2cccs2)cc1)N1CCCCC1. The molecular weight excluding hydrogens is 316 g/mol. The molecule has 116 valence electrons. The maximum Gasteiger partial charge on any atom is 0.243 e. The fourth-order valence-corrected chi connectivity index (χ4v) is 4.56. The Morgan fingerprint density at radius 3 is 2.41 bits per heavy atom. The van der Waals surface area contributed by atoms with Crippen molar-refractivity contribution < 1.29 is 8.42 Å². The third kappa shape index (κ3) is 3.45. The Morgan fingerprint density at radius 2 is 1.77 bits per heavy atom. The second-order valence-electron chi connectivity index (χ2n) is 5.23. The molecule has 0 bridgehead atoms. The third-order valence-electron chi connectivity index (χ3n) is 3.67. The molecule has 1 aromatic heterocycles. The summed E-state index contributed by atoms with van der Waals surface area (Å²) in [5, 5.41) is 2.00. The molecule has 6 heteroatoms. The summed E-state index contributed by atoms with van der Waals surface area (Å²) in [5.41, 5.74) is 0.756. The number of nitrogens with zero attached hydrogens (tertiary/aromatic N) is 2. The van der Waals surface area contributed by atoms with E-state index in [1.807, 2.05) is 17.5 Å². The van der Waals surface area contributed by atoms with Crippen molar-refractivity contribution in [1.82, 2.24) is 4.31 Å². The zero-order valence-corrected chi connectivity index (χ0v) is 13.8. The molecule has 0 unspecified atom stereocenters. The van der Waals surface area contributed by atoms with Crippen molar-refractivity contribution in [3.05, 3.63) is 46.7 Å². The van der Waals surface area contributed by atoms with E-state index in [1.165, 1.54) is 0 Å². The van der Waals surface area contributed by atoms with Gasteiger partial charge in [0.15, 0.2) is 0 Å². The number of sulfonamides is 1. The first-order valence-electron chi connectivity index (χ1n) is 7.34. The monoisotopic (exact) mass is 334 g/mol. The molecule has 3 rings (SSSR count). The van der Waals surface area contributed by atoms with Crippen LogP contribution >= 0.6 is 11.3 Å². The molecule has 22 heavy (non-hydrogen) atoms. The molecule has 0 radical (unpaired) electrons. The second-order valence-corrected chi connectivity index (χ2v) is 8.15. The van der Waals surface area contributed by atoms with Gasteiger partial charge in [-0.3, -0.25) is 4.99 Å². The van der Waals surface area contributed by atoms with Crippen LogP contribution in [0.3, 0.4) is 0 Å². The van der Waals surface area contributed by atoms with E-state index in [0.717, 1.165) is 29.8 Å². The molecule has 0 atom stereocenters. The minimum absolute atomic E-state index is 0.351. The molecule has 1 aliphatic heterocycles. The van der Waals surface area contributed by atoms with Gasteiger partial charge in [0.25, 0.3) is 0 Å². The number of piperidine rings is 1. The Labute approximate surface area is 135 Å². The van der Waals surface area contributed by atoms with E-state index in [9.17, 15) is 8.42 Å². The predicted octanol–water partition coefficient (Wildman–Crippen LogP) is 3.67. The highest BCUT2D eigenvalue weighted by molar-refractivity contribution is 7.89. The molecule has 0 spiro atoms. The third-order valence-corrected chi connectivity index (χ3v) is 6.39. The highest BCUT2D eigenvalue weighted by Gasteiger charge is 2.25. The average Bonchev–Trinajstić information content (AvgIpc) is 3.08. The first-order valence-corrected chi connectivity index (χ1v) is 9.66.